The van der Waals surface area contributed by atoms with Crippen LogP contribution in [-0.4, -0.2) is 61.1 Å². The van der Waals surface area contributed by atoms with Crippen molar-refractivity contribution >= 4 is 29.3 Å². The van der Waals surface area contributed by atoms with E-state index in [0.717, 1.165) is 13.0 Å². The molecule has 0 saturated heterocycles. The van der Waals surface area contributed by atoms with Gasteiger partial charge in [-0.05, 0) is 45.3 Å². The number of nitrogens with zero attached hydrogens (tertiary/aromatic N) is 2. The third-order valence-electron chi connectivity index (χ3n) is 2.90. The second kappa shape index (κ2) is 7.85. The van der Waals surface area contributed by atoms with Crippen molar-refractivity contribution in [3.8, 4) is 0 Å². The Bertz CT molecular complexity index is 520. The smallest absolute Gasteiger partial charge is 0.337 e. The van der Waals surface area contributed by atoms with Gasteiger partial charge in [-0.25, -0.2) is 9.59 Å². The zero-order valence-corrected chi connectivity index (χ0v) is 13.1. The maximum atomic E-state index is 12.0. The molecule has 2 N–H and O–H groups in total. The van der Waals surface area contributed by atoms with Gasteiger partial charge in [0.25, 0.3) is 0 Å². The predicted octanol–water partition coefficient (Wildman–Crippen LogP) is 2.45. The number of carboxylic acid groups (broad SMARTS) is 1. The minimum Gasteiger partial charge on any atom is -0.478 e. The SMILES string of the molecule is CN(C)CCCN(C)C(=O)Nc1ccc(C(=O)O)c(Cl)c1. The molecule has 1 rings (SSSR count). The molecular weight excluding hydrogens is 294 g/mol. The van der Waals surface area contributed by atoms with Gasteiger partial charge in [0.15, 0.2) is 0 Å². The number of carboxylic acids is 1. The van der Waals surface area contributed by atoms with Crippen LogP contribution < -0.4 is 5.32 Å². The van der Waals surface area contributed by atoms with Crippen LogP contribution in [0.5, 0.6) is 0 Å². The van der Waals surface area contributed by atoms with E-state index in [4.69, 9.17) is 16.7 Å². The van der Waals surface area contributed by atoms with Crippen LogP contribution in [0.15, 0.2) is 18.2 Å². The van der Waals surface area contributed by atoms with Crippen molar-refractivity contribution in [2.75, 3.05) is 39.5 Å². The van der Waals surface area contributed by atoms with Gasteiger partial charge in [0.1, 0.15) is 0 Å². The topological polar surface area (TPSA) is 72.9 Å². The summed E-state index contributed by atoms with van der Waals surface area (Å²) in [5.74, 6) is -1.10. The number of aromatic carboxylic acids is 1. The zero-order chi connectivity index (χ0) is 16.0. The van der Waals surface area contributed by atoms with E-state index in [2.05, 4.69) is 10.2 Å². The molecule has 0 aliphatic rings. The third kappa shape index (κ3) is 5.61. The number of amides is 2. The van der Waals surface area contributed by atoms with Gasteiger partial charge >= 0.3 is 12.0 Å². The van der Waals surface area contributed by atoms with Crippen molar-refractivity contribution in [2.24, 2.45) is 0 Å². The molecule has 0 atom stereocenters. The molecule has 0 saturated carbocycles. The number of halogens is 1. The summed E-state index contributed by atoms with van der Waals surface area (Å²) in [6.07, 6.45) is 0.871. The molecule has 0 radical (unpaired) electrons. The summed E-state index contributed by atoms with van der Waals surface area (Å²) in [6, 6.07) is 4.05. The monoisotopic (exact) mass is 313 g/mol. The molecule has 0 fully saturated rings. The molecule has 0 heterocycles. The van der Waals surface area contributed by atoms with Crippen molar-refractivity contribution in [3.05, 3.63) is 28.8 Å². The molecule has 2 amide bonds. The molecule has 116 valence electrons. The summed E-state index contributed by atoms with van der Waals surface area (Å²) in [5, 5.41) is 11.7. The fourth-order valence-corrected chi connectivity index (χ4v) is 1.97. The minimum absolute atomic E-state index is 0.00834. The number of carbonyl (C=O) groups excluding carboxylic acids is 1. The lowest BCUT2D eigenvalue weighted by atomic mass is 10.2. The Kier molecular flexibility index (Phi) is 6.45. The molecule has 7 heteroatoms. The van der Waals surface area contributed by atoms with Crippen molar-refractivity contribution in [2.45, 2.75) is 6.42 Å². The number of rotatable bonds is 6. The van der Waals surface area contributed by atoms with E-state index in [9.17, 15) is 9.59 Å². The lowest BCUT2D eigenvalue weighted by Gasteiger charge is -2.19. The molecule has 6 nitrogen and oxygen atoms in total. The van der Waals surface area contributed by atoms with Crippen LogP contribution in [-0.2, 0) is 0 Å². The van der Waals surface area contributed by atoms with E-state index in [-0.39, 0.29) is 16.6 Å². The molecule has 1 aromatic carbocycles. The highest BCUT2D eigenvalue weighted by atomic mass is 35.5. The van der Waals surface area contributed by atoms with E-state index in [0.29, 0.717) is 12.2 Å². The van der Waals surface area contributed by atoms with E-state index in [1.54, 1.807) is 11.9 Å². The summed E-state index contributed by atoms with van der Waals surface area (Å²) in [6.45, 7) is 1.53. The lowest BCUT2D eigenvalue weighted by Crippen LogP contribution is -2.33. The largest absolute Gasteiger partial charge is 0.478 e. The average Bonchev–Trinajstić information content (AvgIpc) is 2.37. The molecule has 21 heavy (non-hydrogen) atoms. The second-order valence-corrected chi connectivity index (χ2v) is 5.42. The van der Waals surface area contributed by atoms with E-state index < -0.39 is 5.97 Å². The first-order valence-corrected chi connectivity index (χ1v) is 6.88. The molecule has 1 aromatic rings. The molecule has 0 aliphatic carbocycles. The standard InChI is InChI=1S/C14H20ClN3O3/c1-17(2)7-4-8-18(3)14(21)16-10-5-6-11(13(19)20)12(15)9-10/h5-6,9H,4,7-8H2,1-3H3,(H,16,21)(H,19,20). The summed E-state index contributed by atoms with van der Waals surface area (Å²) in [5.41, 5.74) is 0.475. The van der Waals surface area contributed by atoms with Crippen molar-refractivity contribution < 1.29 is 14.7 Å². The van der Waals surface area contributed by atoms with Gasteiger partial charge in [0.05, 0.1) is 10.6 Å². The van der Waals surface area contributed by atoms with Crippen molar-refractivity contribution in [3.63, 3.8) is 0 Å². The van der Waals surface area contributed by atoms with Crippen LogP contribution in [0.3, 0.4) is 0 Å². The van der Waals surface area contributed by atoms with Crippen LogP contribution in [0.2, 0.25) is 5.02 Å². The second-order valence-electron chi connectivity index (χ2n) is 5.01. The van der Waals surface area contributed by atoms with E-state index >= 15 is 0 Å². The number of hydrogen-bond acceptors (Lipinski definition) is 3. The Morgan fingerprint density at radius 2 is 1.90 bits per heavy atom. The number of hydrogen-bond donors (Lipinski definition) is 2. The minimum atomic E-state index is -1.10. The fourth-order valence-electron chi connectivity index (χ4n) is 1.71. The molecular formula is C14H20ClN3O3. The fraction of sp³-hybridized carbons (Fsp3) is 0.429. The van der Waals surface area contributed by atoms with Gasteiger partial charge in [-0.3, -0.25) is 0 Å². The Balaban J connectivity index is 2.58. The van der Waals surface area contributed by atoms with Gasteiger partial charge in [0, 0.05) is 19.3 Å². The first-order valence-electron chi connectivity index (χ1n) is 6.51. The highest BCUT2D eigenvalue weighted by Crippen LogP contribution is 2.21. The Morgan fingerprint density at radius 1 is 1.24 bits per heavy atom. The molecule has 0 aliphatic heterocycles. The van der Waals surface area contributed by atoms with Gasteiger partial charge < -0.3 is 20.2 Å². The highest BCUT2D eigenvalue weighted by Gasteiger charge is 2.12. The summed E-state index contributed by atoms with van der Waals surface area (Å²) in [7, 11) is 5.66. The summed E-state index contributed by atoms with van der Waals surface area (Å²) in [4.78, 5) is 26.4. The first kappa shape index (κ1) is 17.3. The molecule has 0 aromatic heterocycles. The highest BCUT2D eigenvalue weighted by molar-refractivity contribution is 6.33. The summed E-state index contributed by atoms with van der Waals surface area (Å²) < 4.78 is 0. The summed E-state index contributed by atoms with van der Waals surface area (Å²) >= 11 is 5.85. The van der Waals surface area contributed by atoms with Gasteiger partial charge in [-0.2, -0.15) is 0 Å². The molecule has 0 spiro atoms. The quantitative estimate of drug-likeness (QED) is 0.846. The van der Waals surface area contributed by atoms with Crippen LogP contribution in [0, 0.1) is 0 Å². The van der Waals surface area contributed by atoms with E-state index in [1.807, 2.05) is 14.1 Å². The Labute approximate surface area is 129 Å². The zero-order valence-electron chi connectivity index (χ0n) is 12.4. The van der Waals surface area contributed by atoms with Crippen molar-refractivity contribution in [1.29, 1.82) is 0 Å². The third-order valence-corrected chi connectivity index (χ3v) is 3.21. The average molecular weight is 314 g/mol. The van der Waals surface area contributed by atoms with E-state index in [1.165, 1.54) is 18.2 Å². The number of benzene rings is 1. The van der Waals surface area contributed by atoms with Crippen molar-refractivity contribution in [1.82, 2.24) is 9.80 Å². The van der Waals surface area contributed by atoms with Crippen LogP contribution in [0.1, 0.15) is 16.8 Å². The number of nitrogens with one attached hydrogen (secondary N) is 1. The number of carbonyl (C=O) groups is 2. The van der Waals surface area contributed by atoms with Crippen LogP contribution in [0.4, 0.5) is 10.5 Å². The number of anilines is 1. The Morgan fingerprint density at radius 3 is 2.43 bits per heavy atom. The van der Waals surface area contributed by atoms with Crippen LogP contribution in [0.25, 0.3) is 0 Å². The normalized spacial score (nSPS) is 10.5. The number of urea groups is 1. The predicted molar refractivity (Wildman–Crippen MR) is 83.2 cm³/mol. The molecule has 0 bridgehead atoms. The maximum Gasteiger partial charge on any atom is 0.337 e. The van der Waals surface area contributed by atoms with Gasteiger partial charge in [-0.1, -0.05) is 11.6 Å². The van der Waals surface area contributed by atoms with Gasteiger partial charge in [0.2, 0.25) is 0 Å². The molecule has 0 unspecified atom stereocenters. The Hall–Kier alpha value is -1.79. The lowest BCUT2D eigenvalue weighted by molar-refractivity contribution is 0.0697. The first-order chi connectivity index (χ1) is 9.81. The van der Waals surface area contributed by atoms with Gasteiger partial charge in [-0.15, -0.1) is 0 Å². The maximum absolute atomic E-state index is 12.0. The van der Waals surface area contributed by atoms with Crippen LogP contribution >= 0.6 is 11.6 Å².